The lowest BCUT2D eigenvalue weighted by Crippen LogP contribution is -2.44. The third-order valence-corrected chi connectivity index (χ3v) is 3.71. The highest BCUT2D eigenvalue weighted by Gasteiger charge is 2.36. The van der Waals surface area contributed by atoms with E-state index in [2.05, 4.69) is 12.2 Å². The molecule has 3 heteroatoms. The van der Waals surface area contributed by atoms with E-state index in [0.29, 0.717) is 5.41 Å². The van der Waals surface area contributed by atoms with E-state index in [-0.39, 0.29) is 5.37 Å². The fraction of sp³-hybridized carbons (Fsp3) is 0.727. The number of halogens is 1. The molecule has 1 fully saturated rings. The molecule has 1 heterocycles. The van der Waals surface area contributed by atoms with Crippen molar-refractivity contribution < 1.29 is 4.79 Å². The zero-order valence-electron chi connectivity index (χ0n) is 8.34. The Morgan fingerprint density at radius 3 is 2.86 bits per heavy atom. The number of amides is 1. The molecule has 1 aliphatic heterocycles. The number of hydrogen-bond donors (Lipinski definition) is 0. The summed E-state index contributed by atoms with van der Waals surface area (Å²) in [5.41, 5.74) is 0.345. The lowest BCUT2D eigenvalue weighted by atomic mass is 9.71. The number of piperidine rings is 1. The first-order chi connectivity index (χ1) is 6.72. The SMILES string of the molecule is O=C(Cl)N1CCCC2(CC=CCC2)C1. The molecule has 0 radical (unpaired) electrons. The largest absolute Gasteiger partial charge is 0.329 e. The van der Waals surface area contributed by atoms with Crippen LogP contribution in [0.2, 0.25) is 0 Å². The minimum absolute atomic E-state index is 0.279. The minimum Gasteiger partial charge on any atom is -0.329 e. The van der Waals surface area contributed by atoms with Crippen molar-refractivity contribution >= 4 is 17.0 Å². The van der Waals surface area contributed by atoms with Crippen molar-refractivity contribution in [1.29, 1.82) is 0 Å². The number of hydrogen-bond acceptors (Lipinski definition) is 1. The van der Waals surface area contributed by atoms with Gasteiger partial charge in [0.15, 0.2) is 0 Å². The first kappa shape index (κ1) is 10.0. The first-order valence-electron chi connectivity index (χ1n) is 5.31. The Labute approximate surface area is 89.9 Å². The molecule has 0 N–H and O–H groups in total. The number of carbonyl (C=O) groups is 1. The highest BCUT2D eigenvalue weighted by atomic mass is 35.5. The number of likely N-dealkylation sites (tertiary alicyclic amines) is 1. The van der Waals surface area contributed by atoms with Crippen LogP contribution in [0.1, 0.15) is 32.1 Å². The molecule has 1 amide bonds. The van der Waals surface area contributed by atoms with Crippen LogP contribution in [0.4, 0.5) is 4.79 Å². The van der Waals surface area contributed by atoms with E-state index < -0.39 is 0 Å². The molecule has 14 heavy (non-hydrogen) atoms. The van der Waals surface area contributed by atoms with Gasteiger partial charge < -0.3 is 4.90 Å². The third kappa shape index (κ3) is 1.95. The predicted octanol–water partition coefficient (Wildman–Crippen LogP) is 3.17. The van der Waals surface area contributed by atoms with Crippen LogP contribution in [0.5, 0.6) is 0 Å². The number of allylic oxidation sites excluding steroid dienone is 2. The van der Waals surface area contributed by atoms with Crippen molar-refractivity contribution in [2.45, 2.75) is 32.1 Å². The number of carbonyl (C=O) groups excluding carboxylic acids is 1. The maximum Gasteiger partial charge on any atom is 0.316 e. The lowest BCUT2D eigenvalue weighted by molar-refractivity contribution is 0.106. The van der Waals surface area contributed by atoms with Crippen LogP contribution in [0, 0.1) is 5.41 Å². The summed E-state index contributed by atoms with van der Waals surface area (Å²) in [7, 11) is 0. The van der Waals surface area contributed by atoms with Crippen molar-refractivity contribution in [2.75, 3.05) is 13.1 Å². The standard InChI is InChI=1S/C11H16ClNO/c12-10(14)13-8-4-7-11(9-13)5-2-1-3-6-11/h1-2H,3-9H2. The molecule has 0 bridgehead atoms. The molecule has 0 aromatic rings. The topological polar surface area (TPSA) is 20.3 Å². The summed E-state index contributed by atoms with van der Waals surface area (Å²) in [5, 5.41) is -0.279. The van der Waals surface area contributed by atoms with E-state index in [1.54, 1.807) is 4.90 Å². The summed E-state index contributed by atoms with van der Waals surface area (Å²) in [4.78, 5) is 12.9. The highest BCUT2D eigenvalue weighted by molar-refractivity contribution is 6.62. The normalized spacial score (nSPS) is 32.2. The van der Waals surface area contributed by atoms with Crippen molar-refractivity contribution in [3.63, 3.8) is 0 Å². The zero-order valence-corrected chi connectivity index (χ0v) is 9.09. The monoisotopic (exact) mass is 213 g/mol. The van der Waals surface area contributed by atoms with Gasteiger partial charge in [-0.25, -0.2) is 0 Å². The molecule has 2 rings (SSSR count). The first-order valence-corrected chi connectivity index (χ1v) is 5.69. The number of rotatable bonds is 0. The second-order valence-electron chi connectivity index (χ2n) is 4.49. The average molecular weight is 214 g/mol. The van der Waals surface area contributed by atoms with Gasteiger partial charge in [-0.2, -0.15) is 0 Å². The predicted molar refractivity (Wildman–Crippen MR) is 57.5 cm³/mol. The highest BCUT2D eigenvalue weighted by Crippen LogP contribution is 2.40. The Bertz CT molecular complexity index is 264. The zero-order chi connectivity index (χ0) is 10.0. The molecule has 0 aromatic carbocycles. The van der Waals surface area contributed by atoms with Gasteiger partial charge in [-0.3, -0.25) is 4.79 Å². The van der Waals surface area contributed by atoms with Gasteiger partial charge in [0.2, 0.25) is 0 Å². The quantitative estimate of drug-likeness (QED) is 0.344. The summed E-state index contributed by atoms with van der Waals surface area (Å²) < 4.78 is 0. The molecule has 1 unspecified atom stereocenters. The summed E-state index contributed by atoms with van der Waals surface area (Å²) >= 11 is 5.53. The summed E-state index contributed by atoms with van der Waals surface area (Å²) in [6, 6.07) is 0. The maximum atomic E-state index is 11.1. The van der Waals surface area contributed by atoms with E-state index >= 15 is 0 Å². The van der Waals surface area contributed by atoms with Crippen LogP contribution >= 0.6 is 11.6 Å². The summed E-state index contributed by atoms with van der Waals surface area (Å²) in [6.07, 6.45) is 10.3. The van der Waals surface area contributed by atoms with Gasteiger partial charge in [-0.05, 0) is 49.1 Å². The molecular formula is C11H16ClNO. The smallest absolute Gasteiger partial charge is 0.316 e. The Hall–Kier alpha value is -0.500. The second-order valence-corrected chi connectivity index (χ2v) is 4.82. The Morgan fingerprint density at radius 1 is 1.36 bits per heavy atom. The van der Waals surface area contributed by atoms with Crippen LogP contribution < -0.4 is 0 Å². The third-order valence-electron chi connectivity index (χ3n) is 3.47. The molecule has 1 spiro atoms. The van der Waals surface area contributed by atoms with Crippen LogP contribution in [0.15, 0.2) is 12.2 Å². The van der Waals surface area contributed by atoms with Crippen LogP contribution in [0.25, 0.3) is 0 Å². The Morgan fingerprint density at radius 2 is 2.21 bits per heavy atom. The van der Waals surface area contributed by atoms with Gasteiger partial charge >= 0.3 is 5.37 Å². The molecule has 1 saturated heterocycles. The van der Waals surface area contributed by atoms with E-state index in [9.17, 15) is 4.79 Å². The second kappa shape index (κ2) is 3.93. The molecule has 78 valence electrons. The van der Waals surface area contributed by atoms with Gasteiger partial charge in [0.05, 0.1) is 0 Å². The van der Waals surface area contributed by atoms with E-state index in [1.807, 2.05) is 0 Å². The Kier molecular flexibility index (Phi) is 2.82. The molecule has 0 saturated carbocycles. The van der Waals surface area contributed by atoms with Gasteiger partial charge in [0, 0.05) is 13.1 Å². The summed E-state index contributed by atoms with van der Waals surface area (Å²) in [5.74, 6) is 0. The Balaban J connectivity index is 2.05. The molecule has 1 atom stereocenters. The maximum absolute atomic E-state index is 11.1. The molecular weight excluding hydrogens is 198 g/mol. The van der Waals surface area contributed by atoms with Crippen molar-refractivity contribution in [2.24, 2.45) is 5.41 Å². The van der Waals surface area contributed by atoms with Gasteiger partial charge in [0.25, 0.3) is 0 Å². The van der Waals surface area contributed by atoms with Crippen LogP contribution in [-0.2, 0) is 0 Å². The molecule has 1 aliphatic carbocycles. The molecule has 0 aromatic heterocycles. The van der Waals surface area contributed by atoms with Gasteiger partial charge in [0.1, 0.15) is 0 Å². The molecule has 2 aliphatic rings. The van der Waals surface area contributed by atoms with E-state index in [1.165, 1.54) is 12.8 Å². The van der Waals surface area contributed by atoms with Crippen molar-refractivity contribution in [1.82, 2.24) is 4.90 Å². The van der Waals surface area contributed by atoms with Crippen LogP contribution in [0.3, 0.4) is 0 Å². The van der Waals surface area contributed by atoms with Gasteiger partial charge in [-0.15, -0.1) is 0 Å². The number of nitrogens with zero attached hydrogens (tertiary/aromatic N) is 1. The average Bonchev–Trinajstić information content (AvgIpc) is 2.19. The fourth-order valence-corrected chi connectivity index (χ4v) is 2.82. The minimum atomic E-state index is -0.279. The summed E-state index contributed by atoms with van der Waals surface area (Å²) in [6.45, 7) is 1.70. The fourth-order valence-electron chi connectivity index (χ4n) is 2.67. The van der Waals surface area contributed by atoms with Crippen molar-refractivity contribution in [3.8, 4) is 0 Å². The molecule has 2 nitrogen and oxygen atoms in total. The van der Waals surface area contributed by atoms with E-state index in [0.717, 1.165) is 32.4 Å². The van der Waals surface area contributed by atoms with Crippen molar-refractivity contribution in [3.05, 3.63) is 12.2 Å². The van der Waals surface area contributed by atoms with Gasteiger partial charge in [-0.1, -0.05) is 12.2 Å². The van der Waals surface area contributed by atoms with Crippen LogP contribution in [-0.4, -0.2) is 23.4 Å². The lowest BCUT2D eigenvalue weighted by Gasteiger charge is -2.43. The van der Waals surface area contributed by atoms with E-state index in [4.69, 9.17) is 11.6 Å².